The lowest BCUT2D eigenvalue weighted by molar-refractivity contribution is 0.640. The summed E-state index contributed by atoms with van der Waals surface area (Å²) in [4.78, 5) is 2.69. The lowest BCUT2D eigenvalue weighted by Gasteiger charge is -2.51. The first-order valence-corrected chi connectivity index (χ1v) is 19.6. The molecule has 0 N–H and O–H groups in total. The molecule has 4 aliphatic heterocycles. The highest BCUT2D eigenvalue weighted by atomic mass is 15.2. The van der Waals surface area contributed by atoms with Gasteiger partial charge in [-0.05, 0) is 105 Å². The molecule has 0 bridgehead atoms. The van der Waals surface area contributed by atoms with Gasteiger partial charge >= 0.3 is 0 Å². The normalized spacial score (nSPS) is 16.1. The molecule has 12 rings (SSSR count). The van der Waals surface area contributed by atoms with Crippen molar-refractivity contribution in [3.05, 3.63) is 167 Å². The minimum absolute atomic E-state index is 0.110. The molecular weight excluding hydrogens is 650 g/mol. The molecule has 0 saturated heterocycles. The van der Waals surface area contributed by atoms with Crippen LogP contribution in [0.2, 0.25) is 0 Å². The van der Waals surface area contributed by atoms with Crippen LogP contribution in [0.15, 0.2) is 133 Å². The standard InChI is InChI=1S/C50H40B2N2/c1-29-23-25-42-46-44(29)49(3,4)34-17-9-11-19-36(34)51(46)38-27-31(53-40-21-13-7-15-32(40)33-16-8-14-22-41(33)53)28-39-48(38)54(42)43-26-24-30(2)45-47(43)52(39)37-20-12-10-18-35(37)50(45,5)6/h7-28H,1-6H3. The van der Waals surface area contributed by atoms with Gasteiger partial charge in [0.25, 0.3) is 0 Å². The number of nitrogens with zero attached hydrogens (tertiary/aromatic N) is 2. The van der Waals surface area contributed by atoms with E-state index in [1.54, 1.807) is 0 Å². The van der Waals surface area contributed by atoms with Crippen LogP contribution in [-0.4, -0.2) is 18.0 Å². The second-order valence-electron chi connectivity index (χ2n) is 17.3. The second kappa shape index (κ2) is 10.1. The molecule has 0 fully saturated rings. The van der Waals surface area contributed by atoms with Gasteiger partial charge in [0.05, 0.1) is 11.0 Å². The van der Waals surface area contributed by atoms with Gasteiger partial charge in [0.2, 0.25) is 13.4 Å². The van der Waals surface area contributed by atoms with E-state index in [2.05, 4.69) is 184 Å². The third-order valence-electron chi connectivity index (χ3n) is 13.9. The minimum atomic E-state index is -0.140. The van der Waals surface area contributed by atoms with Crippen molar-refractivity contribution in [2.75, 3.05) is 4.90 Å². The van der Waals surface area contributed by atoms with Crippen molar-refractivity contribution in [2.24, 2.45) is 0 Å². The molecule has 2 nitrogen and oxygen atoms in total. The number of hydrogen-bond donors (Lipinski definition) is 0. The predicted molar refractivity (Wildman–Crippen MR) is 231 cm³/mol. The number of anilines is 3. The fourth-order valence-corrected chi connectivity index (χ4v) is 12.0. The Morgan fingerprint density at radius 1 is 0.463 bits per heavy atom. The molecule has 8 aromatic rings. The zero-order valence-corrected chi connectivity index (χ0v) is 31.8. The summed E-state index contributed by atoms with van der Waals surface area (Å²) in [5, 5.41) is 2.59. The lowest BCUT2D eigenvalue weighted by atomic mass is 9.26. The van der Waals surface area contributed by atoms with E-state index in [-0.39, 0.29) is 24.3 Å². The largest absolute Gasteiger partial charge is 0.313 e. The van der Waals surface area contributed by atoms with Crippen LogP contribution in [0.1, 0.15) is 61.1 Å². The number of fused-ring (bicyclic) bond motifs is 11. The van der Waals surface area contributed by atoms with Crippen LogP contribution in [0.25, 0.3) is 27.5 Å². The first-order chi connectivity index (χ1) is 26.2. The van der Waals surface area contributed by atoms with E-state index in [0.717, 1.165) is 0 Å². The van der Waals surface area contributed by atoms with Crippen molar-refractivity contribution in [2.45, 2.75) is 52.4 Å². The van der Waals surface area contributed by atoms with E-state index in [0.29, 0.717) is 0 Å². The zero-order valence-electron chi connectivity index (χ0n) is 31.8. The van der Waals surface area contributed by atoms with E-state index in [1.807, 2.05) is 0 Å². The number of rotatable bonds is 1. The third kappa shape index (κ3) is 3.51. The summed E-state index contributed by atoms with van der Waals surface area (Å²) in [6.45, 7) is 14.7. The average Bonchev–Trinajstić information content (AvgIpc) is 3.51. The monoisotopic (exact) mass is 690 g/mol. The predicted octanol–water partition coefficient (Wildman–Crippen LogP) is 7.81. The van der Waals surface area contributed by atoms with Crippen LogP contribution in [0, 0.1) is 13.8 Å². The quantitative estimate of drug-likeness (QED) is 0.160. The maximum Gasteiger partial charge on any atom is 0.247 e. The Labute approximate surface area is 318 Å². The number of aromatic nitrogens is 1. The topological polar surface area (TPSA) is 8.17 Å². The molecule has 0 amide bonds. The van der Waals surface area contributed by atoms with Gasteiger partial charge in [-0.3, -0.25) is 0 Å². The molecular formula is C50H40B2N2. The molecule has 5 heterocycles. The maximum atomic E-state index is 2.69. The van der Waals surface area contributed by atoms with Crippen LogP contribution in [-0.2, 0) is 10.8 Å². The molecule has 0 radical (unpaired) electrons. The molecule has 7 aromatic carbocycles. The molecule has 54 heavy (non-hydrogen) atoms. The Morgan fingerprint density at radius 2 is 0.889 bits per heavy atom. The van der Waals surface area contributed by atoms with Gasteiger partial charge in [-0.15, -0.1) is 0 Å². The number of benzene rings is 7. The second-order valence-corrected chi connectivity index (χ2v) is 17.3. The van der Waals surface area contributed by atoms with Crippen molar-refractivity contribution >= 4 is 85.1 Å². The van der Waals surface area contributed by atoms with Crippen LogP contribution in [0.4, 0.5) is 17.1 Å². The molecule has 0 unspecified atom stereocenters. The zero-order chi connectivity index (χ0) is 36.4. The Balaban J connectivity index is 1.30. The van der Waals surface area contributed by atoms with Gasteiger partial charge in [0.15, 0.2) is 0 Å². The Bertz CT molecular complexity index is 2800. The number of para-hydroxylation sites is 2. The Kier molecular flexibility index (Phi) is 5.72. The van der Waals surface area contributed by atoms with Crippen molar-refractivity contribution in [3.63, 3.8) is 0 Å². The van der Waals surface area contributed by atoms with E-state index in [1.165, 1.54) is 111 Å². The lowest BCUT2D eigenvalue weighted by Crippen LogP contribution is -2.70. The van der Waals surface area contributed by atoms with Crippen molar-refractivity contribution in [3.8, 4) is 5.69 Å². The first kappa shape index (κ1) is 30.7. The summed E-state index contributed by atoms with van der Waals surface area (Å²) >= 11 is 0. The molecule has 0 spiro atoms. The van der Waals surface area contributed by atoms with Crippen LogP contribution >= 0.6 is 0 Å². The summed E-state index contributed by atoms with van der Waals surface area (Å²) in [5.74, 6) is 0. The molecule has 4 aliphatic rings. The van der Waals surface area contributed by atoms with Crippen LogP contribution < -0.4 is 37.7 Å². The molecule has 1 aromatic heterocycles. The molecule has 0 atom stereocenters. The molecule has 0 saturated carbocycles. The Morgan fingerprint density at radius 3 is 1.37 bits per heavy atom. The summed E-state index contributed by atoms with van der Waals surface area (Å²) in [6.07, 6.45) is 0. The summed E-state index contributed by atoms with van der Waals surface area (Å²) in [5.41, 5.74) is 24.7. The van der Waals surface area contributed by atoms with Gasteiger partial charge in [-0.2, -0.15) is 0 Å². The summed E-state index contributed by atoms with van der Waals surface area (Å²) in [7, 11) is 0. The van der Waals surface area contributed by atoms with Gasteiger partial charge in [0.1, 0.15) is 0 Å². The molecule has 256 valence electrons. The number of hydrogen-bond acceptors (Lipinski definition) is 1. The van der Waals surface area contributed by atoms with E-state index >= 15 is 0 Å². The smallest absolute Gasteiger partial charge is 0.247 e. The summed E-state index contributed by atoms with van der Waals surface area (Å²) in [6, 6.07) is 51.3. The van der Waals surface area contributed by atoms with Crippen molar-refractivity contribution in [1.82, 2.24) is 4.57 Å². The molecule has 0 aliphatic carbocycles. The average molecular weight is 691 g/mol. The highest BCUT2D eigenvalue weighted by Crippen LogP contribution is 2.47. The van der Waals surface area contributed by atoms with Gasteiger partial charge in [-0.25, -0.2) is 0 Å². The van der Waals surface area contributed by atoms with E-state index in [4.69, 9.17) is 0 Å². The van der Waals surface area contributed by atoms with Crippen molar-refractivity contribution < 1.29 is 0 Å². The van der Waals surface area contributed by atoms with Gasteiger partial charge in [-0.1, -0.05) is 136 Å². The van der Waals surface area contributed by atoms with E-state index in [9.17, 15) is 0 Å². The maximum absolute atomic E-state index is 2.69. The Hall–Kier alpha value is -5.73. The van der Waals surface area contributed by atoms with Crippen LogP contribution in [0.5, 0.6) is 0 Å². The fraction of sp³-hybridized carbons (Fsp3) is 0.160. The van der Waals surface area contributed by atoms with Crippen LogP contribution in [0.3, 0.4) is 0 Å². The SMILES string of the molecule is Cc1ccc2c3c1C(C)(C)c1ccccc1B3c1cc(-n3c4ccccc4c4ccccc43)cc3c1N2c1ccc(C)c2c1B3c1ccccc1C2(C)C. The highest BCUT2D eigenvalue weighted by molar-refractivity contribution is 7.03. The molecule has 4 heteroatoms. The highest BCUT2D eigenvalue weighted by Gasteiger charge is 2.52. The van der Waals surface area contributed by atoms with Gasteiger partial charge in [0, 0.05) is 44.4 Å². The third-order valence-corrected chi connectivity index (χ3v) is 13.9. The van der Waals surface area contributed by atoms with Crippen molar-refractivity contribution in [1.29, 1.82) is 0 Å². The van der Waals surface area contributed by atoms with Gasteiger partial charge < -0.3 is 9.47 Å². The fourth-order valence-electron chi connectivity index (χ4n) is 12.0. The summed E-state index contributed by atoms with van der Waals surface area (Å²) < 4.78 is 2.54. The first-order valence-electron chi connectivity index (χ1n) is 19.6. The minimum Gasteiger partial charge on any atom is -0.313 e. The number of aryl methyl sites for hydroxylation is 2. The van der Waals surface area contributed by atoms with E-state index < -0.39 is 0 Å².